The van der Waals surface area contributed by atoms with E-state index in [2.05, 4.69) is 5.32 Å². The van der Waals surface area contributed by atoms with Gasteiger partial charge in [0.25, 0.3) is 10.0 Å². The van der Waals surface area contributed by atoms with Gasteiger partial charge >= 0.3 is 0 Å². The van der Waals surface area contributed by atoms with Crippen LogP contribution in [0.2, 0.25) is 5.02 Å². The van der Waals surface area contributed by atoms with E-state index < -0.39 is 28.5 Å². The Morgan fingerprint density at radius 1 is 0.923 bits per heavy atom. The average molecular weight is 570 g/mol. The zero-order valence-corrected chi connectivity index (χ0v) is 24.4. The van der Waals surface area contributed by atoms with Gasteiger partial charge in [-0.05, 0) is 75.1 Å². The Bertz CT molecular complexity index is 1360. The smallest absolute Gasteiger partial charge is 0.264 e. The molecule has 0 heterocycles. The summed E-state index contributed by atoms with van der Waals surface area (Å²) in [5.74, 6) is -0.757. The number of rotatable bonds is 12. The third-order valence-corrected chi connectivity index (χ3v) is 8.74. The van der Waals surface area contributed by atoms with E-state index in [-0.39, 0.29) is 23.4 Å². The number of nitrogens with zero attached hydrogens (tertiary/aromatic N) is 2. The first-order chi connectivity index (χ1) is 18.5. The Labute approximate surface area is 236 Å². The predicted molar refractivity (Wildman–Crippen MR) is 156 cm³/mol. The van der Waals surface area contributed by atoms with Gasteiger partial charge in [0.1, 0.15) is 12.6 Å². The molecule has 0 spiro atoms. The topological polar surface area (TPSA) is 86.8 Å². The Hall–Kier alpha value is -3.36. The molecule has 2 amide bonds. The molecule has 208 valence electrons. The summed E-state index contributed by atoms with van der Waals surface area (Å²) in [4.78, 5) is 28.5. The summed E-state index contributed by atoms with van der Waals surface area (Å²) < 4.78 is 28.8. The van der Waals surface area contributed by atoms with Crippen molar-refractivity contribution < 1.29 is 18.0 Å². The van der Waals surface area contributed by atoms with Crippen LogP contribution in [0, 0.1) is 6.92 Å². The van der Waals surface area contributed by atoms with Gasteiger partial charge in [0.05, 0.1) is 10.6 Å². The highest BCUT2D eigenvalue weighted by atomic mass is 35.5. The van der Waals surface area contributed by atoms with Crippen molar-refractivity contribution in [3.63, 3.8) is 0 Å². The fourth-order valence-electron chi connectivity index (χ4n) is 4.13. The number of carbonyl (C=O) groups excluding carboxylic acids is 2. The molecule has 39 heavy (non-hydrogen) atoms. The van der Waals surface area contributed by atoms with Crippen molar-refractivity contribution in [2.75, 3.05) is 17.4 Å². The van der Waals surface area contributed by atoms with Crippen molar-refractivity contribution in [2.45, 2.75) is 57.5 Å². The van der Waals surface area contributed by atoms with Crippen LogP contribution in [0.1, 0.15) is 38.3 Å². The van der Waals surface area contributed by atoms with E-state index in [1.54, 1.807) is 38.1 Å². The van der Waals surface area contributed by atoms with E-state index in [0.29, 0.717) is 22.7 Å². The number of hydrogen-bond donors (Lipinski definition) is 1. The molecule has 2 unspecified atom stereocenters. The standard InChI is InChI=1S/C30H36ClN3O4S/c1-5-23(3)32-30(36)24(4)33(20-19-25-12-7-6-8-13-25)29(35)21-34(28-14-10-9-11-22(28)2)39(37,38)27-17-15-26(31)16-18-27/h6-18,23-24H,5,19-21H2,1-4H3,(H,32,36). The molecule has 0 aliphatic rings. The van der Waals surface area contributed by atoms with Crippen LogP contribution in [0.25, 0.3) is 0 Å². The normalized spacial score (nSPS) is 12.8. The molecule has 0 aliphatic carbocycles. The fourth-order valence-corrected chi connectivity index (χ4v) is 5.73. The highest BCUT2D eigenvalue weighted by molar-refractivity contribution is 7.92. The van der Waals surface area contributed by atoms with Crippen LogP contribution in [0.3, 0.4) is 0 Å². The number of halogens is 1. The molecule has 1 N–H and O–H groups in total. The monoisotopic (exact) mass is 569 g/mol. The van der Waals surface area contributed by atoms with Crippen LogP contribution >= 0.6 is 11.6 Å². The second-order valence-corrected chi connectivity index (χ2v) is 11.9. The summed E-state index contributed by atoms with van der Waals surface area (Å²) in [5, 5.41) is 3.34. The van der Waals surface area contributed by atoms with Gasteiger partial charge in [0.15, 0.2) is 0 Å². The van der Waals surface area contributed by atoms with E-state index >= 15 is 0 Å². The van der Waals surface area contributed by atoms with Crippen molar-refractivity contribution in [1.82, 2.24) is 10.2 Å². The summed E-state index contributed by atoms with van der Waals surface area (Å²) in [5.41, 5.74) is 2.09. The second kappa shape index (κ2) is 13.6. The van der Waals surface area contributed by atoms with Gasteiger partial charge in [-0.3, -0.25) is 13.9 Å². The first-order valence-electron chi connectivity index (χ1n) is 13.0. The minimum Gasteiger partial charge on any atom is -0.352 e. The number of sulfonamides is 1. The predicted octanol–water partition coefficient (Wildman–Crippen LogP) is 5.22. The zero-order chi connectivity index (χ0) is 28.6. The molecule has 0 saturated carbocycles. The third kappa shape index (κ3) is 7.83. The van der Waals surface area contributed by atoms with Crippen LogP contribution in [0.4, 0.5) is 5.69 Å². The summed E-state index contributed by atoms with van der Waals surface area (Å²) in [6.45, 7) is 7.12. The molecule has 0 radical (unpaired) electrons. The molecular weight excluding hydrogens is 534 g/mol. The molecule has 2 atom stereocenters. The highest BCUT2D eigenvalue weighted by Gasteiger charge is 2.33. The van der Waals surface area contributed by atoms with E-state index in [0.717, 1.165) is 16.3 Å². The van der Waals surface area contributed by atoms with Crippen molar-refractivity contribution in [1.29, 1.82) is 0 Å². The number of amides is 2. The van der Waals surface area contributed by atoms with Crippen molar-refractivity contribution in [3.05, 3.63) is 95.0 Å². The minimum absolute atomic E-state index is 0.0151. The lowest BCUT2D eigenvalue weighted by atomic mass is 10.1. The summed E-state index contributed by atoms with van der Waals surface area (Å²) in [7, 11) is -4.13. The lowest BCUT2D eigenvalue weighted by molar-refractivity contribution is -0.139. The molecule has 9 heteroatoms. The van der Waals surface area contributed by atoms with Gasteiger partial charge < -0.3 is 10.2 Å². The highest BCUT2D eigenvalue weighted by Crippen LogP contribution is 2.28. The van der Waals surface area contributed by atoms with Gasteiger partial charge in [-0.1, -0.05) is 67.1 Å². The molecule has 7 nitrogen and oxygen atoms in total. The van der Waals surface area contributed by atoms with Gasteiger partial charge in [-0.2, -0.15) is 0 Å². The lowest BCUT2D eigenvalue weighted by Crippen LogP contribution is -2.53. The SMILES string of the molecule is CCC(C)NC(=O)C(C)N(CCc1ccccc1)C(=O)CN(c1ccccc1C)S(=O)(=O)c1ccc(Cl)cc1. The Morgan fingerprint density at radius 2 is 1.54 bits per heavy atom. The first kappa shape index (κ1) is 30.2. The Morgan fingerprint density at radius 3 is 2.15 bits per heavy atom. The molecule has 0 aliphatic heterocycles. The number of nitrogens with one attached hydrogen (secondary N) is 1. The number of carbonyl (C=O) groups is 2. The number of anilines is 1. The maximum atomic E-state index is 13.9. The molecule has 0 aromatic heterocycles. The molecule has 0 bridgehead atoms. The third-order valence-electron chi connectivity index (χ3n) is 6.72. The van der Waals surface area contributed by atoms with Gasteiger partial charge in [0, 0.05) is 17.6 Å². The van der Waals surface area contributed by atoms with E-state index in [1.807, 2.05) is 44.2 Å². The minimum atomic E-state index is -4.13. The van der Waals surface area contributed by atoms with Gasteiger partial charge in [-0.25, -0.2) is 8.42 Å². The van der Waals surface area contributed by atoms with Crippen molar-refractivity contribution in [2.24, 2.45) is 0 Å². The first-order valence-corrected chi connectivity index (χ1v) is 14.8. The molecule has 0 fully saturated rings. The van der Waals surface area contributed by atoms with Crippen LogP contribution in [0.5, 0.6) is 0 Å². The summed E-state index contributed by atoms with van der Waals surface area (Å²) in [6, 6.07) is 21.6. The molecule has 3 aromatic rings. The number of para-hydroxylation sites is 1. The maximum absolute atomic E-state index is 13.9. The maximum Gasteiger partial charge on any atom is 0.264 e. The molecule has 3 rings (SSSR count). The summed E-state index contributed by atoms with van der Waals surface area (Å²) >= 11 is 6.00. The van der Waals surface area contributed by atoms with E-state index in [4.69, 9.17) is 11.6 Å². The quantitative estimate of drug-likeness (QED) is 0.324. The largest absolute Gasteiger partial charge is 0.352 e. The van der Waals surface area contributed by atoms with E-state index in [1.165, 1.54) is 29.2 Å². The lowest BCUT2D eigenvalue weighted by Gasteiger charge is -2.33. The Balaban J connectivity index is 1.98. The molecule has 0 saturated heterocycles. The number of aryl methyl sites for hydroxylation is 1. The number of hydrogen-bond acceptors (Lipinski definition) is 4. The summed E-state index contributed by atoms with van der Waals surface area (Å²) in [6.07, 6.45) is 1.26. The zero-order valence-electron chi connectivity index (χ0n) is 22.8. The fraction of sp³-hybridized carbons (Fsp3) is 0.333. The van der Waals surface area contributed by atoms with Crippen LogP contribution < -0.4 is 9.62 Å². The average Bonchev–Trinajstić information content (AvgIpc) is 2.92. The van der Waals surface area contributed by atoms with Crippen LogP contribution in [-0.2, 0) is 26.0 Å². The van der Waals surface area contributed by atoms with Gasteiger partial charge in [0.2, 0.25) is 11.8 Å². The Kier molecular flexibility index (Phi) is 10.5. The van der Waals surface area contributed by atoms with Crippen molar-refractivity contribution >= 4 is 39.1 Å². The molecule has 3 aromatic carbocycles. The molecular formula is C30H36ClN3O4S. The van der Waals surface area contributed by atoms with Crippen LogP contribution in [-0.4, -0.2) is 50.3 Å². The van der Waals surface area contributed by atoms with Gasteiger partial charge in [-0.15, -0.1) is 0 Å². The van der Waals surface area contributed by atoms with Crippen molar-refractivity contribution in [3.8, 4) is 0 Å². The van der Waals surface area contributed by atoms with E-state index in [9.17, 15) is 18.0 Å². The number of benzene rings is 3. The van der Waals surface area contributed by atoms with Crippen LogP contribution in [0.15, 0.2) is 83.8 Å². The second-order valence-electron chi connectivity index (χ2n) is 9.57.